The highest BCUT2D eigenvalue weighted by Gasteiger charge is 2.09. The van der Waals surface area contributed by atoms with Gasteiger partial charge in [0.2, 0.25) is 11.9 Å². The zero-order valence-electron chi connectivity index (χ0n) is 17.4. The number of amides is 1. The number of benzene rings is 1. The average molecular weight is 483 g/mol. The van der Waals surface area contributed by atoms with E-state index >= 15 is 0 Å². The van der Waals surface area contributed by atoms with Crippen LogP contribution in [-0.2, 0) is 17.9 Å². The lowest BCUT2D eigenvalue weighted by molar-refractivity contribution is -0.119. The second kappa shape index (κ2) is 10.8. The molecule has 33 heavy (non-hydrogen) atoms. The van der Waals surface area contributed by atoms with Crippen molar-refractivity contribution in [1.82, 2.24) is 29.8 Å². The Hall–Kier alpha value is -3.69. The normalized spacial score (nSPS) is 10.6. The summed E-state index contributed by atoms with van der Waals surface area (Å²) in [5.74, 6) is 1.28. The number of anilines is 2. The van der Waals surface area contributed by atoms with Crippen LogP contribution in [0.2, 0.25) is 10.0 Å². The van der Waals surface area contributed by atoms with Gasteiger partial charge in [0.05, 0.1) is 6.54 Å². The Morgan fingerprint density at radius 3 is 2.67 bits per heavy atom. The highest BCUT2D eigenvalue weighted by molar-refractivity contribution is 6.35. The van der Waals surface area contributed by atoms with Gasteiger partial charge in [0.25, 0.3) is 0 Å². The van der Waals surface area contributed by atoms with Crippen LogP contribution in [0.25, 0.3) is 5.82 Å². The molecule has 11 heteroatoms. The van der Waals surface area contributed by atoms with Crippen molar-refractivity contribution in [3.8, 4) is 5.82 Å². The minimum atomic E-state index is -0.214. The maximum atomic E-state index is 12.4. The second-order valence-electron chi connectivity index (χ2n) is 6.99. The van der Waals surface area contributed by atoms with Crippen LogP contribution in [0.1, 0.15) is 11.1 Å². The number of rotatable bonds is 9. The van der Waals surface area contributed by atoms with Gasteiger partial charge in [-0.25, -0.2) is 4.98 Å². The number of carbonyl (C=O) groups excluding carboxylic acids is 1. The van der Waals surface area contributed by atoms with Gasteiger partial charge in [-0.1, -0.05) is 35.3 Å². The molecule has 0 atom stereocenters. The number of nitrogens with one attached hydrogen (secondary N) is 3. The van der Waals surface area contributed by atoms with Gasteiger partial charge in [0, 0.05) is 54.0 Å². The Labute approximate surface area is 200 Å². The number of nitrogens with zero attached hydrogens (tertiary/aromatic N) is 5. The molecule has 3 N–H and O–H groups in total. The van der Waals surface area contributed by atoms with Gasteiger partial charge in [-0.2, -0.15) is 9.97 Å². The third kappa shape index (κ3) is 6.41. The standard InChI is InChI=1S/C22H20Cl2N8O/c23-17-4-3-16(18(24)8-17)12-28-21(33)13-27-19-9-20(32-7-6-26-14-32)31-22(30-19)29-11-15-2-1-5-25-10-15/h1-10,14H,11-13H2,(H,28,33)(H2,27,29,30,31). The Balaban J connectivity index is 1.41. The van der Waals surface area contributed by atoms with Crippen LogP contribution in [-0.4, -0.2) is 37.0 Å². The fraction of sp³-hybridized carbons (Fsp3) is 0.136. The van der Waals surface area contributed by atoms with E-state index in [1.165, 1.54) is 0 Å². The largest absolute Gasteiger partial charge is 0.361 e. The molecule has 0 bridgehead atoms. The molecule has 1 aromatic carbocycles. The fourth-order valence-electron chi connectivity index (χ4n) is 2.91. The smallest absolute Gasteiger partial charge is 0.239 e. The minimum Gasteiger partial charge on any atom is -0.361 e. The molecule has 4 aromatic rings. The molecule has 0 spiro atoms. The highest BCUT2D eigenvalue weighted by Crippen LogP contribution is 2.20. The van der Waals surface area contributed by atoms with Crippen molar-refractivity contribution in [3.05, 3.63) is 88.7 Å². The molecule has 0 aliphatic rings. The summed E-state index contributed by atoms with van der Waals surface area (Å²) in [6.45, 7) is 0.815. The predicted octanol–water partition coefficient (Wildman–Crippen LogP) is 3.70. The lowest BCUT2D eigenvalue weighted by atomic mass is 10.2. The van der Waals surface area contributed by atoms with E-state index in [1.54, 1.807) is 59.9 Å². The van der Waals surface area contributed by atoms with E-state index in [0.29, 0.717) is 40.7 Å². The van der Waals surface area contributed by atoms with Gasteiger partial charge in [0.15, 0.2) is 0 Å². The van der Waals surface area contributed by atoms with Gasteiger partial charge >= 0.3 is 0 Å². The molecule has 1 amide bonds. The number of hydrogen-bond acceptors (Lipinski definition) is 7. The number of hydrogen-bond donors (Lipinski definition) is 3. The maximum absolute atomic E-state index is 12.4. The van der Waals surface area contributed by atoms with Gasteiger partial charge < -0.3 is 16.0 Å². The van der Waals surface area contributed by atoms with E-state index in [9.17, 15) is 4.79 Å². The van der Waals surface area contributed by atoms with Crippen LogP contribution in [0, 0.1) is 0 Å². The second-order valence-corrected chi connectivity index (χ2v) is 7.83. The SMILES string of the molecule is O=C(CNc1cc(-n2ccnc2)nc(NCc2cccnc2)n1)NCc1ccc(Cl)cc1Cl. The first-order valence-electron chi connectivity index (χ1n) is 10.0. The summed E-state index contributed by atoms with van der Waals surface area (Å²) in [5.41, 5.74) is 1.77. The molecule has 3 aromatic heterocycles. The summed E-state index contributed by atoms with van der Waals surface area (Å²) >= 11 is 12.1. The average Bonchev–Trinajstić information content (AvgIpc) is 3.37. The molecule has 0 radical (unpaired) electrons. The summed E-state index contributed by atoms with van der Waals surface area (Å²) in [4.78, 5) is 29.5. The van der Waals surface area contributed by atoms with Crippen molar-refractivity contribution in [2.24, 2.45) is 0 Å². The summed E-state index contributed by atoms with van der Waals surface area (Å²) < 4.78 is 1.75. The summed E-state index contributed by atoms with van der Waals surface area (Å²) in [7, 11) is 0. The zero-order chi connectivity index (χ0) is 23.0. The van der Waals surface area contributed by atoms with E-state index in [-0.39, 0.29) is 12.5 Å². The molecule has 9 nitrogen and oxygen atoms in total. The first-order chi connectivity index (χ1) is 16.1. The van der Waals surface area contributed by atoms with E-state index in [4.69, 9.17) is 23.2 Å². The molecule has 0 saturated heterocycles. The van der Waals surface area contributed by atoms with Crippen LogP contribution < -0.4 is 16.0 Å². The lowest BCUT2D eigenvalue weighted by Crippen LogP contribution is -2.29. The first-order valence-corrected chi connectivity index (χ1v) is 10.8. The van der Waals surface area contributed by atoms with Gasteiger partial charge in [-0.15, -0.1) is 0 Å². The number of carbonyl (C=O) groups is 1. The maximum Gasteiger partial charge on any atom is 0.239 e. The lowest BCUT2D eigenvalue weighted by Gasteiger charge is -2.12. The highest BCUT2D eigenvalue weighted by atomic mass is 35.5. The summed E-state index contributed by atoms with van der Waals surface area (Å²) in [5, 5.41) is 10.1. The first kappa shape index (κ1) is 22.5. The molecule has 3 heterocycles. The summed E-state index contributed by atoms with van der Waals surface area (Å²) in [6.07, 6.45) is 8.56. The number of imidazole rings is 1. The quantitative estimate of drug-likeness (QED) is 0.333. The van der Waals surface area contributed by atoms with Crippen molar-refractivity contribution in [1.29, 1.82) is 0 Å². The van der Waals surface area contributed by atoms with E-state index < -0.39 is 0 Å². The van der Waals surface area contributed by atoms with Gasteiger partial charge in [0.1, 0.15) is 18.0 Å². The third-order valence-electron chi connectivity index (χ3n) is 4.58. The molecule has 0 unspecified atom stereocenters. The number of pyridine rings is 1. The van der Waals surface area contributed by atoms with E-state index in [2.05, 4.69) is 35.9 Å². The van der Waals surface area contributed by atoms with Crippen LogP contribution in [0.15, 0.2) is 67.5 Å². The molecular weight excluding hydrogens is 463 g/mol. The van der Waals surface area contributed by atoms with E-state index in [0.717, 1.165) is 11.1 Å². The molecule has 4 rings (SSSR count). The molecule has 168 valence electrons. The Morgan fingerprint density at radius 1 is 1.00 bits per heavy atom. The van der Waals surface area contributed by atoms with Crippen LogP contribution in [0.4, 0.5) is 11.8 Å². The Morgan fingerprint density at radius 2 is 1.91 bits per heavy atom. The number of halogens is 2. The van der Waals surface area contributed by atoms with Crippen LogP contribution in [0.5, 0.6) is 0 Å². The molecule has 0 aliphatic heterocycles. The van der Waals surface area contributed by atoms with Crippen molar-refractivity contribution in [2.45, 2.75) is 13.1 Å². The minimum absolute atomic E-state index is 0.0215. The summed E-state index contributed by atoms with van der Waals surface area (Å²) in [6, 6.07) is 10.7. The molecule has 0 aliphatic carbocycles. The van der Waals surface area contributed by atoms with Crippen LogP contribution >= 0.6 is 23.2 Å². The fourth-order valence-corrected chi connectivity index (χ4v) is 3.38. The zero-order valence-corrected chi connectivity index (χ0v) is 18.9. The van der Waals surface area contributed by atoms with Crippen LogP contribution in [0.3, 0.4) is 0 Å². The monoisotopic (exact) mass is 482 g/mol. The van der Waals surface area contributed by atoms with Crippen molar-refractivity contribution >= 4 is 40.9 Å². The Kier molecular flexibility index (Phi) is 7.33. The predicted molar refractivity (Wildman–Crippen MR) is 128 cm³/mol. The Bertz CT molecular complexity index is 1220. The van der Waals surface area contributed by atoms with Crippen molar-refractivity contribution in [2.75, 3.05) is 17.2 Å². The molecule has 0 fully saturated rings. The van der Waals surface area contributed by atoms with Gasteiger partial charge in [-0.05, 0) is 29.3 Å². The topological polar surface area (TPSA) is 110 Å². The number of aromatic nitrogens is 5. The molecular formula is C22H20Cl2N8O. The third-order valence-corrected chi connectivity index (χ3v) is 5.16. The van der Waals surface area contributed by atoms with E-state index in [1.807, 2.05) is 12.1 Å². The van der Waals surface area contributed by atoms with Crippen molar-refractivity contribution < 1.29 is 4.79 Å². The molecule has 0 saturated carbocycles. The van der Waals surface area contributed by atoms with Gasteiger partial charge in [-0.3, -0.25) is 14.3 Å². The van der Waals surface area contributed by atoms with Crippen molar-refractivity contribution in [3.63, 3.8) is 0 Å².